The van der Waals surface area contributed by atoms with Crippen molar-refractivity contribution in [2.45, 2.75) is 37.6 Å². The van der Waals surface area contributed by atoms with Gasteiger partial charge in [-0.15, -0.1) is 0 Å². The summed E-state index contributed by atoms with van der Waals surface area (Å²) in [6, 6.07) is 12.5. The van der Waals surface area contributed by atoms with Gasteiger partial charge in [-0.2, -0.15) is 4.72 Å². The summed E-state index contributed by atoms with van der Waals surface area (Å²) in [7, 11) is -2.30. The third-order valence-electron chi connectivity index (χ3n) is 3.94. The monoisotopic (exact) mass is 376 g/mol. The van der Waals surface area contributed by atoms with Crippen molar-refractivity contribution in [3.63, 3.8) is 0 Å². The van der Waals surface area contributed by atoms with Gasteiger partial charge >= 0.3 is 0 Å². The van der Waals surface area contributed by atoms with Crippen LogP contribution in [0.15, 0.2) is 53.4 Å². The number of hydrogen-bond acceptors (Lipinski definition) is 4. The summed E-state index contributed by atoms with van der Waals surface area (Å²) in [5.74, 6) is 0.522. The van der Waals surface area contributed by atoms with E-state index in [1.165, 1.54) is 26.2 Å². The average molecular weight is 376 g/mol. The smallest absolute Gasteiger partial charge is 0.242 e. The van der Waals surface area contributed by atoms with Gasteiger partial charge in [-0.1, -0.05) is 26.0 Å². The van der Waals surface area contributed by atoms with Gasteiger partial charge < -0.3 is 10.1 Å². The number of sulfonamides is 1. The Kier molecular flexibility index (Phi) is 6.39. The quantitative estimate of drug-likeness (QED) is 0.778. The molecule has 2 aromatic carbocycles. The van der Waals surface area contributed by atoms with E-state index in [-0.39, 0.29) is 4.90 Å². The number of methoxy groups -OCH3 is 1. The normalized spacial score (nSPS) is 12.7. The Labute approximate surface area is 154 Å². The number of rotatable bonds is 7. The molecule has 26 heavy (non-hydrogen) atoms. The van der Waals surface area contributed by atoms with E-state index in [1.54, 1.807) is 24.3 Å². The van der Waals surface area contributed by atoms with Crippen molar-refractivity contribution in [2.75, 3.05) is 12.4 Å². The van der Waals surface area contributed by atoms with Crippen LogP contribution in [0.2, 0.25) is 0 Å². The van der Waals surface area contributed by atoms with Gasteiger partial charge in [0.2, 0.25) is 15.9 Å². The van der Waals surface area contributed by atoms with Gasteiger partial charge in [0.25, 0.3) is 0 Å². The highest BCUT2D eigenvalue weighted by Crippen LogP contribution is 2.18. The fourth-order valence-electron chi connectivity index (χ4n) is 2.31. The first kappa shape index (κ1) is 19.9. The zero-order valence-electron chi connectivity index (χ0n) is 15.3. The number of benzene rings is 2. The summed E-state index contributed by atoms with van der Waals surface area (Å²) in [6.07, 6.45) is 0. The molecule has 0 radical (unpaired) electrons. The first-order valence-electron chi connectivity index (χ1n) is 8.30. The van der Waals surface area contributed by atoms with Crippen LogP contribution in [-0.2, 0) is 14.8 Å². The lowest BCUT2D eigenvalue weighted by atomic mass is 10.0. The maximum absolute atomic E-state index is 12.4. The molecule has 2 N–H and O–H groups in total. The molecule has 0 unspecified atom stereocenters. The number of amides is 1. The Morgan fingerprint density at radius 2 is 1.54 bits per heavy atom. The second-order valence-electron chi connectivity index (χ2n) is 6.28. The lowest BCUT2D eigenvalue weighted by Gasteiger charge is -2.15. The molecule has 0 saturated heterocycles. The standard InChI is InChI=1S/C19H24N2O4S/c1-13(2)15-5-7-16(8-6-15)20-19(22)14(3)21-26(23,24)18-11-9-17(25-4)10-12-18/h5-14,21H,1-4H3,(H,20,22)/t14-/m0/s1. The van der Waals surface area contributed by atoms with E-state index < -0.39 is 22.0 Å². The van der Waals surface area contributed by atoms with Gasteiger partial charge in [-0.05, 0) is 54.8 Å². The summed E-state index contributed by atoms with van der Waals surface area (Å²) in [5.41, 5.74) is 1.78. The minimum Gasteiger partial charge on any atom is -0.497 e. The number of nitrogens with one attached hydrogen (secondary N) is 2. The van der Waals surface area contributed by atoms with Gasteiger partial charge in [0.15, 0.2) is 0 Å². The first-order valence-corrected chi connectivity index (χ1v) is 9.78. The molecule has 0 spiro atoms. The molecule has 2 rings (SSSR count). The maximum atomic E-state index is 12.4. The van der Waals surface area contributed by atoms with Crippen LogP contribution in [0, 0.1) is 0 Å². The van der Waals surface area contributed by atoms with Gasteiger partial charge in [0.1, 0.15) is 5.75 Å². The van der Waals surface area contributed by atoms with Crippen LogP contribution in [0.25, 0.3) is 0 Å². The van der Waals surface area contributed by atoms with Crippen LogP contribution in [0.3, 0.4) is 0 Å². The third-order valence-corrected chi connectivity index (χ3v) is 5.50. The SMILES string of the molecule is COc1ccc(S(=O)(=O)N[C@@H](C)C(=O)Nc2ccc(C(C)C)cc2)cc1. The van der Waals surface area contributed by atoms with Crippen molar-refractivity contribution < 1.29 is 17.9 Å². The Bertz CT molecular complexity index is 844. The highest BCUT2D eigenvalue weighted by atomic mass is 32.2. The summed E-state index contributed by atoms with van der Waals surface area (Å²) in [6.45, 7) is 5.67. The molecule has 0 bridgehead atoms. The van der Waals surface area contributed by atoms with E-state index in [2.05, 4.69) is 23.9 Å². The van der Waals surface area contributed by atoms with Crippen molar-refractivity contribution in [1.82, 2.24) is 4.72 Å². The van der Waals surface area contributed by atoms with Crippen LogP contribution < -0.4 is 14.8 Å². The molecule has 0 saturated carbocycles. The molecule has 0 fully saturated rings. The van der Waals surface area contributed by atoms with E-state index in [9.17, 15) is 13.2 Å². The van der Waals surface area contributed by atoms with Crippen LogP contribution in [0.5, 0.6) is 5.75 Å². The Balaban J connectivity index is 2.02. The molecule has 0 aliphatic carbocycles. The van der Waals surface area contributed by atoms with E-state index in [0.29, 0.717) is 17.4 Å². The van der Waals surface area contributed by atoms with Gasteiger partial charge in [-0.25, -0.2) is 8.42 Å². The molecular formula is C19H24N2O4S. The van der Waals surface area contributed by atoms with Gasteiger partial charge in [-0.3, -0.25) is 4.79 Å². The number of carbonyl (C=O) groups excluding carboxylic acids is 1. The number of anilines is 1. The van der Waals surface area contributed by atoms with Crippen molar-refractivity contribution in [1.29, 1.82) is 0 Å². The molecule has 0 heterocycles. The summed E-state index contributed by atoms with van der Waals surface area (Å²) < 4.78 is 32.2. The number of ether oxygens (including phenoxy) is 1. The third kappa shape index (κ3) is 5.06. The van der Waals surface area contributed by atoms with Gasteiger partial charge in [0.05, 0.1) is 18.0 Å². The Morgan fingerprint density at radius 1 is 0.962 bits per heavy atom. The minimum absolute atomic E-state index is 0.0687. The summed E-state index contributed by atoms with van der Waals surface area (Å²) in [5, 5.41) is 2.71. The predicted octanol–water partition coefficient (Wildman–Crippen LogP) is 3.12. The van der Waals surface area contributed by atoms with Gasteiger partial charge in [0, 0.05) is 5.69 Å². The lowest BCUT2D eigenvalue weighted by molar-refractivity contribution is -0.117. The molecule has 6 nitrogen and oxygen atoms in total. The summed E-state index contributed by atoms with van der Waals surface area (Å²) >= 11 is 0. The van der Waals surface area contributed by atoms with Crippen LogP contribution in [0.1, 0.15) is 32.3 Å². The largest absolute Gasteiger partial charge is 0.497 e. The number of hydrogen-bond donors (Lipinski definition) is 2. The fourth-order valence-corrected chi connectivity index (χ4v) is 3.51. The maximum Gasteiger partial charge on any atom is 0.242 e. The lowest BCUT2D eigenvalue weighted by Crippen LogP contribution is -2.41. The van der Waals surface area contributed by atoms with E-state index in [1.807, 2.05) is 12.1 Å². The van der Waals surface area contributed by atoms with Crippen LogP contribution in [-0.4, -0.2) is 27.5 Å². The fraction of sp³-hybridized carbons (Fsp3) is 0.316. The van der Waals surface area contributed by atoms with Crippen LogP contribution >= 0.6 is 0 Å². The minimum atomic E-state index is -3.81. The second-order valence-corrected chi connectivity index (χ2v) is 8.00. The second kappa shape index (κ2) is 8.33. The molecule has 0 aromatic heterocycles. The number of carbonyl (C=O) groups is 1. The van der Waals surface area contributed by atoms with E-state index in [0.717, 1.165) is 5.56 Å². The van der Waals surface area contributed by atoms with E-state index >= 15 is 0 Å². The zero-order chi connectivity index (χ0) is 19.3. The summed E-state index contributed by atoms with van der Waals surface area (Å²) in [4.78, 5) is 12.4. The van der Waals surface area contributed by atoms with Crippen LogP contribution in [0.4, 0.5) is 5.69 Å². The molecule has 1 atom stereocenters. The van der Waals surface area contributed by atoms with E-state index in [4.69, 9.17) is 4.74 Å². The molecule has 140 valence electrons. The van der Waals surface area contributed by atoms with Crippen molar-refractivity contribution in [3.05, 3.63) is 54.1 Å². The molecule has 1 amide bonds. The average Bonchev–Trinajstić information content (AvgIpc) is 2.61. The zero-order valence-corrected chi connectivity index (χ0v) is 16.1. The van der Waals surface area contributed by atoms with Crippen molar-refractivity contribution >= 4 is 21.6 Å². The predicted molar refractivity (Wildman–Crippen MR) is 102 cm³/mol. The Morgan fingerprint density at radius 3 is 2.04 bits per heavy atom. The molecule has 7 heteroatoms. The van der Waals surface area contributed by atoms with Crippen molar-refractivity contribution in [2.24, 2.45) is 0 Å². The first-order chi connectivity index (χ1) is 12.2. The molecule has 0 aliphatic rings. The van der Waals surface area contributed by atoms with Crippen molar-refractivity contribution in [3.8, 4) is 5.75 Å². The molecular weight excluding hydrogens is 352 g/mol. The highest BCUT2D eigenvalue weighted by Gasteiger charge is 2.22. The molecule has 0 aliphatic heterocycles. The molecule has 2 aromatic rings. The topological polar surface area (TPSA) is 84.5 Å². The highest BCUT2D eigenvalue weighted by molar-refractivity contribution is 7.89. The Hall–Kier alpha value is -2.38.